The Labute approximate surface area is 263 Å². The molecular formula is C34H31N7O5. The SMILES string of the molecule is Cc1cc2c(c(C(=O)Nc3cccc(C(=O)Nc4ccn(C)n4)c3)n1)[C@H](C1CC1)N(c1ccc(-c3c(C)on(C)c3=O)cc1)C2=O. The molecule has 5 aromatic rings. The van der Waals surface area contributed by atoms with Gasteiger partial charge in [-0.2, -0.15) is 9.84 Å². The maximum atomic E-state index is 14.0. The summed E-state index contributed by atoms with van der Waals surface area (Å²) in [5, 5.41) is 9.81. The number of amides is 3. The van der Waals surface area contributed by atoms with Crippen LogP contribution < -0.4 is 21.1 Å². The van der Waals surface area contributed by atoms with Crippen molar-refractivity contribution in [1.29, 1.82) is 0 Å². The molecule has 2 aromatic carbocycles. The Morgan fingerprint density at radius 2 is 1.70 bits per heavy atom. The molecule has 0 unspecified atom stereocenters. The summed E-state index contributed by atoms with van der Waals surface area (Å²) in [5.74, 6) is 0.0539. The fourth-order valence-electron chi connectivity index (χ4n) is 6.17. The van der Waals surface area contributed by atoms with Gasteiger partial charge in [-0.1, -0.05) is 18.2 Å². The normalized spacial score (nSPS) is 15.6. The second-order valence-electron chi connectivity index (χ2n) is 11.8. The van der Waals surface area contributed by atoms with Gasteiger partial charge in [0.25, 0.3) is 23.3 Å². The quantitative estimate of drug-likeness (QED) is 0.261. The van der Waals surface area contributed by atoms with Crippen LogP contribution in [0.3, 0.4) is 0 Å². The average Bonchev–Trinajstić information content (AvgIpc) is 3.65. The van der Waals surface area contributed by atoms with Gasteiger partial charge >= 0.3 is 0 Å². The van der Waals surface area contributed by atoms with Crippen molar-refractivity contribution in [3.63, 3.8) is 0 Å². The zero-order chi connectivity index (χ0) is 32.3. The smallest absolute Gasteiger partial charge is 0.290 e. The minimum atomic E-state index is -0.468. The lowest BCUT2D eigenvalue weighted by molar-refractivity contribution is 0.0986. The van der Waals surface area contributed by atoms with E-state index in [1.165, 1.54) is 4.74 Å². The Bertz CT molecular complexity index is 2100. The lowest BCUT2D eigenvalue weighted by Crippen LogP contribution is -2.29. The number of hydrogen-bond acceptors (Lipinski definition) is 7. The highest BCUT2D eigenvalue weighted by molar-refractivity contribution is 6.15. The summed E-state index contributed by atoms with van der Waals surface area (Å²) in [5.41, 5.74) is 4.12. The van der Waals surface area contributed by atoms with Crippen molar-refractivity contribution in [3.8, 4) is 11.1 Å². The van der Waals surface area contributed by atoms with Crippen LogP contribution in [0, 0.1) is 19.8 Å². The maximum Gasteiger partial charge on any atom is 0.290 e. The average molecular weight is 618 g/mol. The number of benzene rings is 2. The zero-order valence-electron chi connectivity index (χ0n) is 25.7. The fraction of sp³-hybridized carbons (Fsp3) is 0.235. The van der Waals surface area contributed by atoms with Gasteiger partial charge in [0, 0.05) is 60.1 Å². The number of rotatable bonds is 7. The highest BCUT2D eigenvalue weighted by atomic mass is 16.5. The number of pyridine rings is 1. The molecule has 0 bridgehead atoms. The van der Waals surface area contributed by atoms with E-state index < -0.39 is 5.91 Å². The van der Waals surface area contributed by atoms with Crippen LogP contribution in [0.2, 0.25) is 0 Å². The lowest BCUT2D eigenvalue weighted by atomic mass is 9.97. The van der Waals surface area contributed by atoms with Crippen LogP contribution in [0.25, 0.3) is 11.1 Å². The van der Waals surface area contributed by atoms with Crippen LogP contribution in [-0.2, 0) is 14.1 Å². The number of fused-ring (bicyclic) bond motifs is 1. The molecule has 4 heterocycles. The second-order valence-corrected chi connectivity index (χ2v) is 11.8. The molecular weight excluding hydrogens is 586 g/mol. The molecule has 1 saturated carbocycles. The molecule has 2 aliphatic rings. The van der Waals surface area contributed by atoms with Gasteiger partial charge in [-0.25, -0.2) is 4.98 Å². The summed E-state index contributed by atoms with van der Waals surface area (Å²) in [6, 6.07) is 16.9. The van der Waals surface area contributed by atoms with Gasteiger partial charge < -0.3 is 20.1 Å². The molecule has 0 spiro atoms. The van der Waals surface area contributed by atoms with E-state index in [1.54, 1.807) is 80.1 Å². The molecule has 46 heavy (non-hydrogen) atoms. The fourth-order valence-corrected chi connectivity index (χ4v) is 6.17. The van der Waals surface area contributed by atoms with Crippen molar-refractivity contribution >= 4 is 34.9 Å². The van der Waals surface area contributed by atoms with E-state index >= 15 is 0 Å². The molecule has 1 fully saturated rings. The third-order valence-corrected chi connectivity index (χ3v) is 8.39. The number of aromatic nitrogens is 4. The molecule has 3 amide bonds. The number of carbonyl (C=O) groups is 3. The summed E-state index contributed by atoms with van der Waals surface area (Å²) < 4.78 is 8.23. The molecule has 0 radical (unpaired) electrons. The standard InChI is InChI=1S/C34H31N7O5/c1-18-16-25-28(29(35-18)32(43)36-23-7-5-6-22(17-23)31(42)37-26-14-15-39(3)38-26)30(21-8-9-21)41(33(25)44)24-12-10-20(11-13-24)27-19(2)46-40(4)34(27)45/h5-7,10-17,21,30H,8-9H2,1-4H3,(H,36,43)(H,37,38,42)/t30-/m0/s1. The Hall–Kier alpha value is -5.78. The first-order chi connectivity index (χ1) is 22.1. The van der Waals surface area contributed by atoms with Gasteiger partial charge in [0.15, 0.2) is 5.82 Å². The van der Waals surface area contributed by atoms with E-state index in [2.05, 4.69) is 20.7 Å². The summed E-state index contributed by atoms with van der Waals surface area (Å²) >= 11 is 0. The summed E-state index contributed by atoms with van der Waals surface area (Å²) in [6.45, 7) is 3.49. The van der Waals surface area contributed by atoms with Crippen molar-refractivity contribution in [2.75, 3.05) is 15.5 Å². The topological polar surface area (TPSA) is 144 Å². The summed E-state index contributed by atoms with van der Waals surface area (Å²) in [6.07, 6.45) is 3.55. The van der Waals surface area contributed by atoms with Crippen molar-refractivity contribution in [2.45, 2.75) is 32.7 Å². The number of nitrogens with zero attached hydrogens (tertiary/aromatic N) is 5. The first kappa shape index (κ1) is 29.0. The number of anilines is 3. The van der Waals surface area contributed by atoms with Crippen molar-refractivity contribution in [3.05, 3.63) is 111 Å². The third-order valence-electron chi connectivity index (χ3n) is 8.39. The molecule has 1 atom stereocenters. The number of nitrogens with one attached hydrogen (secondary N) is 2. The Morgan fingerprint density at radius 1 is 0.935 bits per heavy atom. The van der Waals surface area contributed by atoms with E-state index in [-0.39, 0.29) is 35.0 Å². The van der Waals surface area contributed by atoms with Gasteiger partial charge in [-0.05, 0) is 74.6 Å². The minimum Gasteiger partial charge on any atom is -0.381 e. The minimum absolute atomic E-state index is 0.169. The molecule has 12 heteroatoms. The summed E-state index contributed by atoms with van der Waals surface area (Å²) in [4.78, 5) is 59.7. The number of hydrogen-bond donors (Lipinski definition) is 2. The van der Waals surface area contributed by atoms with Gasteiger partial charge in [0.1, 0.15) is 11.5 Å². The maximum absolute atomic E-state index is 14.0. The van der Waals surface area contributed by atoms with E-state index in [9.17, 15) is 19.2 Å². The molecule has 232 valence electrons. The number of carbonyl (C=O) groups excluding carboxylic acids is 3. The Kier molecular flexibility index (Phi) is 6.92. The summed E-state index contributed by atoms with van der Waals surface area (Å²) in [7, 11) is 3.32. The third kappa shape index (κ3) is 5.07. The number of aryl methyl sites for hydroxylation is 4. The van der Waals surface area contributed by atoms with Crippen LogP contribution in [0.15, 0.2) is 76.2 Å². The second kappa shape index (κ2) is 11.0. The van der Waals surface area contributed by atoms with E-state index in [0.29, 0.717) is 56.5 Å². The van der Waals surface area contributed by atoms with Gasteiger partial charge in [0.05, 0.1) is 11.6 Å². The van der Waals surface area contributed by atoms with Crippen molar-refractivity contribution in [1.82, 2.24) is 19.5 Å². The Balaban J connectivity index is 1.19. The molecule has 7 rings (SSSR count). The van der Waals surface area contributed by atoms with Crippen LogP contribution >= 0.6 is 0 Å². The van der Waals surface area contributed by atoms with Crippen LogP contribution in [0.5, 0.6) is 0 Å². The van der Waals surface area contributed by atoms with Gasteiger partial charge in [-0.3, -0.25) is 23.9 Å². The molecule has 0 saturated heterocycles. The van der Waals surface area contributed by atoms with Crippen molar-refractivity contribution in [2.24, 2.45) is 20.0 Å². The molecule has 1 aliphatic heterocycles. The van der Waals surface area contributed by atoms with Gasteiger partial charge in [-0.15, -0.1) is 0 Å². The molecule has 12 nitrogen and oxygen atoms in total. The first-order valence-electron chi connectivity index (χ1n) is 14.9. The van der Waals surface area contributed by atoms with E-state index in [1.807, 2.05) is 24.3 Å². The highest BCUT2D eigenvalue weighted by Crippen LogP contribution is 2.52. The molecule has 2 N–H and O–H groups in total. The monoisotopic (exact) mass is 617 g/mol. The van der Waals surface area contributed by atoms with Gasteiger partial charge in [0.2, 0.25) is 0 Å². The highest BCUT2D eigenvalue weighted by Gasteiger charge is 2.48. The lowest BCUT2D eigenvalue weighted by Gasteiger charge is -2.26. The predicted molar refractivity (Wildman–Crippen MR) is 171 cm³/mol. The van der Waals surface area contributed by atoms with Crippen LogP contribution in [0.4, 0.5) is 17.2 Å². The predicted octanol–water partition coefficient (Wildman–Crippen LogP) is 5.01. The van der Waals surface area contributed by atoms with Crippen molar-refractivity contribution < 1.29 is 18.9 Å². The van der Waals surface area contributed by atoms with Crippen LogP contribution in [0.1, 0.15) is 67.1 Å². The van der Waals surface area contributed by atoms with E-state index in [4.69, 9.17) is 4.52 Å². The Morgan fingerprint density at radius 3 is 2.35 bits per heavy atom. The zero-order valence-corrected chi connectivity index (χ0v) is 25.7. The first-order valence-corrected chi connectivity index (χ1v) is 14.9. The molecule has 3 aromatic heterocycles. The largest absolute Gasteiger partial charge is 0.381 e. The molecule has 1 aliphatic carbocycles. The van der Waals surface area contributed by atoms with Crippen LogP contribution in [-0.4, -0.2) is 37.2 Å². The van der Waals surface area contributed by atoms with E-state index in [0.717, 1.165) is 12.8 Å².